The molecular weight excluding hydrogens is 250 g/mol. The topological polar surface area (TPSA) is 12.0 Å². The Kier molecular flexibility index (Phi) is 6.25. The van der Waals surface area contributed by atoms with Crippen molar-refractivity contribution in [3.05, 3.63) is 35.4 Å². The maximum atomic E-state index is 3.71. The van der Waals surface area contributed by atoms with Gasteiger partial charge in [-0.1, -0.05) is 51.0 Å². The molecule has 0 saturated carbocycles. The molecule has 0 heterocycles. The van der Waals surface area contributed by atoms with Gasteiger partial charge in [0.25, 0.3) is 0 Å². The minimum absolute atomic E-state index is 0.557. The fourth-order valence-electron chi connectivity index (χ4n) is 2.96. The van der Waals surface area contributed by atoms with Gasteiger partial charge in [0.2, 0.25) is 0 Å². The second-order valence-corrected chi connectivity index (χ2v) is 6.74. The molecule has 0 spiro atoms. The molecule has 106 valence electrons. The molecule has 0 aromatic heterocycles. The standard InChI is InChI=1S/C17H27NS/c1-3-5-8-13-19-16-12-11-14-9-6-7-10-15(14)17(16)18-4-2/h6-7,9-10,16-18H,3-5,8,11-13H2,1-2H3. The van der Waals surface area contributed by atoms with Crippen LogP contribution in [0, 0.1) is 0 Å². The van der Waals surface area contributed by atoms with Gasteiger partial charge in [-0.2, -0.15) is 11.8 Å². The molecule has 2 unspecified atom stereocenters. The Labute approximate surface area is 122 Å². The molecule has 1 aliphatic carbocycles. The Balaban J connectivity index is 2.00. The van der Waals surface area contributed by atoms with Crippen molar-refractivity contribution in [2.45, 2.75) is 57.2 Å². The number of aryl methyl sites for hydroxylation is 1. The maximum Gasteiger partial charge on any atom is 0.0443 e. The summed E-state index contributed by atoms with van der Waals surface area (Å²) in [6.45, 7) is 5.56. The van der Waals surface area contributed by atoms with Gasteiger partial charge in [-0.05, 0) is 42.7 Å². The number of fused-ring (bicyclic) bond motifs is 1. The molecule has 0 bridgehead atoms. The normalized spacial score (nSPS) is 22.2. The Morgan fingerprint density at radius 3 is 2.84 bits per heavy atom. The molecule has 1 aromatic carbocycles. The van der Waals surface area contributed by atoms with E-state index in [-0.39, 0.29) is 0 Å². The summed E-state index contributed by atoms with van der Waals surface area (Å²) in [4.78, 5) is 0. The van der Waals surface area contributed by atoms with Crippen molar-refractivity contribution in [1.82, 2.24) is 5.32 Å². The third kappa shape index (κ3) is 4.00. The first-order valence-electron chi connectivity index (χ1n) is 7.79. The molecule has 0 amide bonds. The molecule has 1 aliphatic rings. The number of rotatable bonds is 7. The lowest BCUT2D eigenvalue weighted by Gasteiger charge is -2.34. The van der Waals surface area contributed by atoms with Gasteiger partial charge < -0.3 is 5.32 Å². The summed E-state index contributed by atoms with van der Waals surface area (Å²) in [5, 5.41) is 4.47. The molecule has 1 aromatic rings. The number of hydrogen-bond donors (Lipinski definition) is 1. The lowest BCUT2D eigenvalue weighted by atomic mass is 9.87. The van der Waals surface area contributed by atoms with Crippen LogP contribution >= 0.6 is 11.8 Å². The molecule has 1 N–H and O–H groups in total. The van der Waals surface area contributed by atoms with Crippen LogP contribution < -0.4 is 5.32 Å². The number of benzene rings is 1. The van der Waals surface area contributed by atoms with Gasteiger partial charge in [-0.25, -0.2) is 0 Å². The van der Waals surface area contributed by atoms with Crippen LogP contribution in [0.25, 0.3) is 0 Å². The van der Waals surface area contributed by atoms with E-state index in [1.54, 1.807) is 11.1 Å². The zero-order valence-corrected chi connectivity index (χ0v) is 13.1. The highest BCUT2D eigenvalue weighted by molar-refractivity contribution is 7.99. The second-order valence-electron chi connectivity index (χ2n) is 5.39. The molecule has 0 saturated heterocycles. The highest BCUT2D eigenvalue weighted by atomic mass is 32.2. The number of nitrogens with one attached hydrogen (secondary N) is 1. The SMILES string of the molecule is CCCCCSC1CCc2ccccc2C1NCC. The van der Waals surface area contributed by atoms with E-state index in [2.05, 4.69) is 55.2 Å². The van der Waals surface area contributed by atoms with E-state index in [1.807, 2.05) is 0 Å². The van der Waals surface area contributed by atoms with Gasteiger partial charge in [-0.3, -0.25) is 0 Å². The summed E-state index contributed by atoms with van der Waals surface area (Å²) >= 11 is 2.19. The van der Waals surface area contributed by atoms with Crippen LogP contribution in [0.1, 0.15) is 56.7 Å². The van der Waals surface area contributed by atoms with E-state index in [4.69, 9.17) is 0 Å². The Morgan fingerprint density at radius 1 is 1.21 bits per heavy atom. The van der Waals surface area contributed by atoms with Gasteiger partial charge >= 0.3 is 0 Å². The van der Waals surface area contributed by atoms with Crippen molar-refractivity contribution in [3.63, 3.8) is 0 Å². The third-order valence-corrected chi connectivity index (χ3v) is 5.42. The minimum atomic E-state index is 0.557. The minimum Gasteiger partial charge on any atom is -0.309 e. The molecule has 19 heavy (non-hydrogen) atoms. The predicted octanol–water partition coefficient (Wildman–Crippen LogP) is 4.58. The lowest BCUT2D eigenvalue weighted by Crippen LogP contribution is -2.34. The Morgan fingerprint density at radius 2 is 2.05 bits per heavy atom. The first-order valence-corrected chi connectivity index (χ1v) is 8.84. The van der Waals surface area contributed by atoms with E-state index in [0.29, 0.717) is 6.04 Å². The van der Waals surface area contributed by atoms with Crippen LogP contribution in [-0.2, 0) is 6.42 Å². The molecule has 0 radical (unpaired) electrons. The van der Waals surface area contributed by atoms with Crippen molar-refractivity contribution in [2.24, 2.45) is 0 Å². The third-order valence-electron chi connectivity index (χ3n) is 3.96. The second kappa shape index (κ2) is 7.96. The maximum absolute atomic E-state index is 3.71. The zero-order chi connectivity index (χ0) is 13.5. The first-order chi connectivity index (χ1) is 9.36. The van der Waals surface area contributed by atoms with Gasteiger partial charge in [0.1, 0.15) is 0 Å². The Hall–Kier alpha value is -0.470. The fraction of sp³-hybridized carbons (Fsp3) is 0.647. The molecule has 2 atom stereocenters. The Bertz CT molecular complexity index is 377. The molecule has 0 fully saturated rings. The summed E-state index contributed by atoms with van der Waals surface area (Å²) in [5.41, 5.74) is 3.10. The van der Waals surface area contributed by atoms with E-state index >= 15 is 0 Å². The number of thioether (sulfide) groups is 1. The highest BCUT2D eigenvalue weighted by Crippen LogP contribution is 2.37. The van der Waals surface area contributed by atoms with E-state index in [1.165, 1.54) is 37.9 Å². The first kappa shape index (κ1) is 14.9. The van der Waals surface area contributed by atoms with Crippen molar-refractivity contribution in [1.29, 1.82) is 0 Å². The summed E-state index contributed by atoms with van der Waals surface area (Å²) in [7, 11) is 0. The quantitative estimate of drug-likeness (QED) is 0.732. The van der Waals surface area contributed by atoms with Crippen LogP contribution in [0.2, 0.25) is 0 Å². The van der Waals surface area contributed by atoms with Crippen LogP contribution in [0.4, 0.5) is 0 Å². The molecule has 0 aliphatic heterocycles. The van der Waals surface area contributed by atoms with E-state index < -0.39 is 0 Å². The highest BCUT2D eigenvalue weighted by Gasteiger charge is 2.28. The summed E-state index contributed by atoms with van der Waals surface area (Å²) in [6.07, 6.45) is 6.65. The van der Waals surface area contributed by atoms with Crippen LogP contribution in [-0.4, -0.2) is 17.5 Å². The fourth-order valence-corrected chi connectivity index (χ4v) is 4.35. The van der Waals surface area contributed by atoms with Crippen LogP contribution in [0.15, 0.2) is 24.3 Å². The predicted molar refractivity (Wildman–Crippen MR) is 87.0 cm³/mol. The number of unbranched alkanes of at least 4 members (excludes halogenated alkanes) is 2. The molecule has 2 heteroatoms. The van der Waals surface area contributed by atoms with Gasteiger partial charge in [0.15, 0.2) is 0 Å². The van der Waals surface area contributed by atoms with Gasteiger partial charge in [0.05, 0.1) is 0 Å². The smallest absolute Gasteiger partial charge is 0.0443 e. The summed E-state index contributed by atoms with van der Waals surface area (Å²) in [6, 6.07) is 9.55. The van der Waals surface area contributed by atoms with E-state index in [0.717, 1.165) is 11.8 Å². The zero-order valence-electron chi connectivity index (χ0n) is 12.3. The van der Waals surface area contributed by atoms with Crippen molar-refractivity contribution < 1.29 is 0 Å². The van der Waals surface area contributed by atoms with Crippen LogP contribution in [0.5, 0.6) is 0 Å². The van der Waals surface area contributed by atoms with Gasteiger partial charge in [0, 0.05) is 11.3 Å². The molecular formula is C17H27NS. The molecule has 1 nitrogen and oxygen atoms in total. The van der Waals surface area contributed by atoms with Crippen molar-refractivity contribution >= 4 is 11.8 Å². The average Bonchev–Trinajstić information content (AvgIpc) is 2.45. The average molecular weight is 277 g/mol. The summed E-state index contributed by atoms with van der Waals surface area (Å²) < 4.78 is 0. The lowest BCUT2D eigenvalue weighted by molar-refractivity contribution is 0.484. The van der Waals surface area contributed by atoms with Gasteiger partial charge in [-0.15, -0.1) is 0 Å². The van der Waals surface area contributed by atoms with Crippen LogP contribution in [0.3, 0.4) is 0 Å². The van der Waals surface area contributed by atoms with Crippen molar-refractivity contribution in [3.8, 4) is 0 Å². The monoisotopic (exact) mass is 277 g/mol. The largest absolute Gasteiger partial charge is 0.309 e. The number of hydrogen-bond acceptors (Lipinski definition) is 2. The summed E-state index contributed by atoms with van der Waals surface area (Å²) in [5.74, 6) is 1.32. The van der Waals surface area contributed by atoms with Crippen molar-refractivity contribution in [2.75, 3.05) is 12.3 Å². The molecule has 2 rings (SSSR count). The van der Waals surface area contributed by atoms with E-state index in [9.17, 15) is 0 Å².